The van der Waals surface area contributed by atoms with Gasteiger partial charge in [-0.1, -0.05) is 30.7 Å². The SMILES string of the molecule is NC1C2CCCC1CC(C(=O)NCCc1cccc3cccnc13)C2. The molecular weight excluding hydrogens is 310 g/mol. The lowest BCUT2D eigenvalue weighted by Gasteiger charge is -2.43. The third-order valence-corrected chi connectivity index (χ3v) is 6.19. The molecule has 2 aliphatic carbocycles. The van der Waals surface area contributed by atoms with E-state index in [4.69, 9.17) is 5.73 Å². The lowest BCUT2D eigenvalue weighted by Crippen LogP contribution is -2.49. The van der Waals surface area contributed by atoms with Crippen molar-refractivity contribution in [1.82, 2.24) is 10.3 Å². The Labute approximate surface area is 149 Å². The van der Waals surface area contributed by atoms with Gasteiger partial charge in [-0.25, -0.2) is 0 Å². The number of fused-ring (bicyclic) bond motifs is 3. The molecular formula is C21H27N3O. The summed E-state index contributed by atoms with van der Waals surface area (Å²) >= 11 is 0. The molecule has 0 aliphatic heterocycles. The molecule has 0 radical (unpaired) electrons. The minimum atomic E-state index is 0.153. The number of hydrogen-bond donors (Lipinski definition) is 2. The fraction of sp³-hybridized carbons (Fsp3) is 0.524. The number of hydrogen-bond acceptors (Lipinski definition) is 3. The van der Waals surface area contributed by atoms with E-state index < -0.39 is 0 Å². The quantitative estimate of drug-likeness (QED) is 0.901. The topological polar surface area (TPSA) is 68.0 Å². The molecule has 4 rings (SSSR count). The van der Waals surface area contributed by atoms with Crippen molar-refractivity contribution in [2.75, 3.05) is 6.54 Å². The number of nitrogens with two attached hydrogens (primary N) is 1. The average molecular weight is 337 g/mol. The monoisotopic (exact) mass is 337 g/mol. The first-order chi connectivity index (χ1) is 12.2. The van der Waals surface area contributed by atoms with Gasteiger partial charge in [-0.2, -0.15) is 0 Å². The number of nitrogens with one attached hydrogen (secondary N) is 1. The van der Waals surface area contributed by atoms with Gasteiger partial charge in [0.1, 0.15) is 0 Å². The van der Waals surface area contributed by atoms with Gasteiger partial charge in [-0.15, -0.1) is 0 Å². The van der Waals surface area contributed by atoms with Crippen LogP contribution in [0.5, 0.6) is 0 Å². The van der Waals surface area contributed by atoms with E-state index in [0.717, 1.165) is 30.2 Å². The Hall–Kier alpha value is -1.94. The first-order valence-corrected chi connectivity index (χ1v) is 9.58. The first kappa shape index (κ1) is 16.5. The van der Waals surface area contributed by atoms with Crippen LogP contribution in [0.2, 0.25) is 0 Å². The molecule has 4 heteroatoms. The second-order valence-corrected chi connectivity index (χ2v) is 7.73. The number of carbonyl (C=O) groups excluding carboxylic acids is 1. The Morgan fingerprint density at radius 1 is 1.16 bits per heavy atom. The molecule has 0 spiro atoms. The molecule has 1 heterocycles. The fourth-order valence-corrected chi connectivity index (χ4v) is 4.84. The molecule has 1 aromatic heterocycles. The summed E-state index contributed by atoms with van der Waals surface area (Å²) in [5.41, 5.74) is 8.57. The van der Waals surface area contributed by atoms with Crippen molar-refractivity contribution in [2.45, 2.75) is 44.6 Å². The Bertz CT molecular complexity index is 740. The molecule has 3 N–H and O–H groups in total. The van der Waals surface area contributed by atoms with Crippen molar-refractivity contribution >= 4 is 16.8 Å². The van der Waals surface area contributed by atoms with Crippen molar-refractivity contribution in [3.63, 3.8) is 0 Å². The average Bonchev–Trinajstić information content (AvgIpc) is 2.61. The summed E-state index contributed by atoms with van der Waals surface area (Å²) in [6.07, 6.45) is 8.27. The fourth-order valence-electron chi connectivity index (χ4n) is 4.84. The zero-order valence-electron chi connectivity index (χ0n) is 14.7. The molecule has 2 aliphatic rings. The van der Waals surface area contributed by atoms with Gasteiger partial charge < -0.3 is 11.1 Å². The molecule has 1 amide bonds. The van der Waals surface area contributed by atoms with Crippen LogP contribution in [-0.2, 0) is 11.2 Å². The Morgan fingerprint density at radius 2 is 1.92 bits per heavy atom. The van der Waals surface area contributed by atoms with Gasteiger partial charge in [0.15, 0.2) is 0 Å². The first-order valence-electron chi connectivity index (χ1n) is 9.58. The molecule has 2 bridgehead atoms. The predicted octanol–water partition coefficient (Wildman–Crippen LogP) is 3.05. The second kappa shape index (κ2) is 7.12. The van der Waals surface area contributed by atoms with Crippen LogP contribution >= 0.6 is 0 Å². The summed E-state index contributed by atoms with van der Waals surface area (Å²) in [5.74, 6) is 1.47. The smallest absolute Gasteiger partial charge is 0.223 e. The van der Waals surface area contributed by atoms with Crippen molar-refractivity contribution in [1.29, 1.82) is 0 Å². The van der Waals surface area contributed by atoms with E-state index in [2.05, 4.69) is 34.6 Å². The zero-order valence-corrected chi connectivity index (χ0v) is 14.7. The highest BCUT2D eigenvalue weighted by molar-refractivity contribution is 5.82. The number of rotatable bonds is 4. The van der Waals surface area contributed by atoms with E-state index in [0.29, 0.717) is 24.4 Å². The van der Waals surface area contributed by atoms with E-state index in [1.165, 1.54) is 24.8 Å². The van der Waals surface area contributed by atoms with Gasteiger partial charge in [0, 0.05) is 30.1 Å². The summed E-state index contributed by atoms with van der Waals surface area (Å²) in [5, 5.41) is 4.32. The highest BCUT2D eigenvalue weighted by atomic mass is 16.1. The molecule has 2 aromatic rings. The maximum Gasteiger partial charge on any atom is 0.223 e. The van der Waals surface area contributed by atoms with Gasteiger partial charge in [-0.05, 0) is 55.6 Å². The zero-order chi connectivity index (χ0) is 17.2. The maximum absolute atomic E-state index is 12.6. The molecule has 2 atom stereocenters. The van der Waals surface area contributed by atoms with Crippen molar-refractivity contribution in [3.8, 4) is 0 Å². The minimum absolute atomic E-state index is 0.153. The maximum atomic E-state index is 12.6. The van der Waals surface area contributed by atoms with Crippen molar-refractivity contribution < 1.29 is 4.79 Å². The number of carbonyl (C=O) groups is 1. The predicted molar refractivity (Wildman–Crippen MR) is 100.0 cm³/mol. The number of aromatic nitrogens is 1. The molecule has 2 saturated carbocycles. The standard InChI is InChI=1S/C21H27N3O/c22-19-16-6-2-7-17(19)13-18(12-16)21(25)24-11-9-15-5-1-4-14-8-3-10-23-20(14)15/h1,3-5,8,10,16-19H,2,6-7,9,11-13,22H2,(H,24,25). The van der Waals surface area contributed by atoms with Crippen molar-refractivity contribution in [3.05, 3.63) is 42.1 Å². The third kappa shape index (κ3) is 3.40. The van der Waals surface area contributed by atoms with Crippen LogP contribution in [0.25, 0.3) is 10.9 Å². The molecule has 1 aromatic carbocycles. The number of pyridine rings is 1. The lowest BCUT2D eigenvalue weighted by molar-refractivity contribution is -0.127. The third-order valence-electron chi connectivity index (χ3n) is 6.19. The Balaban J connectivity index is 1.35. The number of amides is 1. The minimum Gasteiger partial charge on any atom is -0.356 e. The molecule has 0 saturated heterocycles. The van der Waals surface area contributed by atoms with Gasteiger partial charge in [0.05, 0.1) is 5.52 Å². The van der Waals surface area contributed by atoms with Crippen LogP contribution in [-0.4, -0.2) is 23.5 Å². The molecule has 2 fully saturated rings. The highest BCUT2D eigenvalue weighted by Crippen LogP contribution is 2.41. The molecule has 2 unspecified atom stereocenters. The normalized spacial score (nSPS) is 28.7. The van der Waals surface area contributed by atoms with Crippen LogP contribution < -0.4 is 11.1 Å². The van der Waals surface area contributed by atoms with E-state index in [-0.39, 0.29) is 11.8 Å². The van der Waals surface area contributed by atoms with Crippen LogP contribution in [0.15, 0.2) is 36.5 Å². The lowest BCUT2D eigenvalue weighted by atomic mass is 9.65. The molecule has 25 heavy (non-hydrogen) atoms. The largest absolute Gasteiger partial charge is 0.356 e. The van der Waals surface area contributed by atoms with E-state index in [1.807, 2.05) is 12.3 Å². The van der Waals surface area contributed by atoms with Crippen LogP contribution in [0, 0.1) is 17.8 Å². The summed E-state index contributed by atoms with van der Waals surface area (Å²) in [4.78, 5) is 17.1. The van der Waals surface area contributed by atoms with E-state index in [9.17, 15) is 4.79 Å². The van der Waals surface area contributed by atoms with Gasteiger partial charge in [0.2, 0.25) is 5.91 Å². The second-order valence-electron chi connectivity index (χ2n) is 7.73. The van der Waals surface area contributed by atoms with Gasteiger partial charge in [0.25, 0.3) is 0 Å². The van der Waals surface area contributed by atoms with Crippen molar-refractivity contribution in [2.24, 2.45) is 23.5 Å². The summed E-state index contributed by atoms with van der Waals surface area (Å²) in [6.45, 7) is 0.673. The van der Waals surface area contributed by atoms with Crippen LogP contribution in [0.1, 0.15) is 37.7 Å². The number of para-hydroxylation sites is 1. The number of nitrogens with zero attached hydrogens (tertiary/aromatic N) is 1. The van der Waals surface area contributed by atoms with Crippen LogP contribution in [0.4, 0.5) is 0 Å². The summed E-state index contributed by atoms with van der Waals surface area (Å²) < 4.78 is 0. The Morgan fingerprint density at radius 3 is 2.72 bits per heavy atom. The highest BCUT2D eigenvalue weighted by Gasteiger charge is 2.40. The number of benzene rings is 1. The molecule has 4 nitrogen and oxygen atoms in total. The summed E-state index contributed by atoms with van der Waals surface area (Å²) in [6, 6.07) is 10.6. The van der Waals surface area contributed by atoms with Crippen LogP contribution in [0.3, 0.4) is 0 Å². The molecule has 132 valence electrons. The Kier molecular flexibility index (Phi) is 4.71. The van der Waals surface area contributed by atoms with E-state index >= 15 is 0 Å². The van der Waals surface area contributed by atoms with Gasteiger partial charge >= 0.3 is 0 Å². The summed E-state index contributed by atoms with van der Waals surface area (Å²) in [7, 11) is 0. The van der Waals surface area contributed by atoms with Gasteiger partial charge in [-0.3, -0.25) is 9.78 Å². The van der Waals surface area contributed by atoms with E-state index in [1.54, 1.807) is 0 Å².